The van der Waals surface area contributed by atoms with E-state index in [2.05, 4.69) is 18.1 Å². The van der Waals surface area contributed by atoms with Crippen LogP contribution in [0.2, 0.25) is 0 Å². The van der Waals surface area contributed by atoms with E-state index in [-0.39, 0.29) is 0 Å². The Morgan fingerprint density at radius 2 is 2.07 bits per heavy atom. The van der Waals surface area contributed by atoms with E-state index < -0.39 is 5.60 Å². The van der Waals surface area contributed by atoms with Crippen LogP contribution >= 0.6 is 11.3 Å². The van der Waals surface area contributed by atoms with Crippen molar-refractivity contribution >= 4 is 22.9 Å². The zero-order chi connectivity index (χ0) is 20.9. The molecule has 1 aliphatic rings. The van der Waals surface area contributed by atoms with E-state index in [4.69, 9.17) is 10.1 Å². The summed E-state index contributed by atoms with van der Waals surface area (Å²) in [5.74, 6) is 0.498. The second kappa shape index (κ2) is 9.56. The van der Waals surface area contributed by atoms with Gasteiger partial charge in [0.2, 0.25) is 0 Å². The number of nitrogens with zero attached hydrogens (tertiary/aromatic N) is 3. The molecule has 0 unspecified atom stereocenters. The van der Waals surface area contributed by atoms with Gasteiger partial charge in [-0.25, -0.2) is 0 Å². The van der Waals surface area contributed by atoms with E-state index in [1.165, 1.54) is 0 Å². The molecule has 3 N–H and O–H groups in total. The molecule has 0 aromatic carbocycles. The van der Waals surface area contributed by atoms with E-state index in [9.17, 15) is 5.11 Å². The molecule has 0 atom stereocenters. The lowest BCUT2D eigenvalue weighted by molar-refractivity contribution is 0.0680. The summed E-state index contributed by atoms with van der Waals surface area (Å²) in [5.41, 5.74) is 4.10. The molecule has 2 rings (SSSR count). The van der Waals surface area contributed by atoms with Crippen LogP contribution in [-0.4, -0.2) is 67.0 Å². The van der Waals surface area contributed by atoms with Gasteiger partial charge in [-0.3, -0.25) is 10.4 Å². The van der Waals surface area contributed by atoms with Gasteiger partial charge in [-0.05, 0) is 32.9 Å². The maximum Gasteiger partial charge on any atom is 0.140 e. The first-order chi connectivity index (χ1) is 13.1. The quantitative estimate of drug-likeness (QED) is 0.266. The highest BCUT2D eigenvalue weighted by Gasteiger charge is 2.25. The number of allylic oxidation sites excluding steroid dienone is 2. The van der Waals surface area contributed by atoms with Crippen molar-refractivity contribution in [3.8, 4) is 0 Å². The Kier molecular flexibility index (Phi) is 7.65. The van der Waals surface area contributed by atoms with Crippen LogP contribution in [0.25, 0.3) is 0 Å². The van der Waals surface area contributed by atoms with E-state index in [0.29, 0.717) is 38.6 Å². The molecule has 1 fully saturated rings. The second-order valence-electron chi connectivity index (χ2n) is 7.55. The van der Waals surface area contributed by atoms with Crippen LogP contribution < -0.4 is 10.4 Å². The van der Waals surface area contributed by atoms with Crippen molar-refractivity contribution in [3.05, 3.63) is 40.2 Å². The number of hydrazine groups is 2. The number of morpholine rings is 1. The first-order valence-corrected chi connectivity index (χ1v) is 10.3. The van der Waals surface area contributed by atoms with E-state index in [0.717, 1.165) is 21.1 Å². The van der Waals surface area contributed by atoms with Gasteiger partial charge >= 0.3 is 0 Å². The first-order valence-electron chi connectivity index (χ1n) is 9.44. The Hall–Kier alpha value is -1.87. The summed E-state index contributed by atoms with van der Waals surface area (Å²) >= 11 is 1.56. The molecule has 0 saturated carbocycles. The van der Waals surface area contributed by atoms with Crippen molar-refractivity contribution in [1.82, 2.24) is 15.4 Å². The maximum absolute atomic E-state index is 10.3. The molecule has 0 bridgehead atoms. The Balaban J connectivity index is 2.31. The van der Waals surface area contributed by atoms with Crippen LogP contribution in [0.3, 0.4) is 0 Å². The van der Waals surface area contributed by atoms with Crippen LogP contribution in [0, 0.1) is 5.41 Å². The number of thiophene rings is 1. The molecule has 0 amide bonds. The molecule has 0 radical (unpaired) electrons. The number of anilines is 1. The highest BCUT2D eigenvalue weighted by atomic mass is 32.1. The largest absolute Gasteiger partial charge is 0.390 e. The van der Waals surface area contributed by atoms with Gasteiger partial charge in [0.15, 0.2) is 0 Å². The molecule has 1 saturated heterocycles. The zero-order valence-corrected chi connectivity index (χ0v) is 18.4. The Bertz CT molecular complexity index is 717. The number of hydrogen-bond donors (Lipinski definition) is 3. The Morgan fingerprint density at radius 1 is 1.43 bits per heavy atom. The van der Waals surface area contributed by atoms with Crippen LogP contribution in [0.1, 0.15) is 30.5 Å². The molecule has 28 heavy (non-hydrogen) atoms. The van der Waals surface area contributed by atoms with Gasteiger partial charge in [-0.2, -0.15) is 0 Å². The minimum absolute atomic E-state index is 0.498. The maximum atomic E-state index is 10.3. The fraction of sp³-hybridized carbons (Fsp3) is 0.550. The summed E-state index contributed by atoms with van der Waals surface area (Å²) in [6, 6.07) is 2.06. The van der Waals surface area contributed by atoms with E-state index >= 15 is 0 Å². The third-order valence-corrected chi connectivity index (χ3v) is 5.52. The molecule has 2 heterocycles. The van der Waals surface area contributed by atoms with Crippen molar-refractivity contribution in [2.45, 2.75) is 32.8 Å². The van der Waals surface area contributed by atoms with E-state index in [1.54, 1.807) is 25.2 Å². The first kappa shape index (κ1) is 22.4. The van der Waals surface area contributed by atoms with Crippen LogP contribution in [0.4, 0.5) is 5.69 Å². The van der Waals surface area contributed by atoms with Crippen LogP contribution in [-0.2, 0) is 11.2 Å². The number of aliphatic hydroxyl groups is 1. The van der Waals surface area contributed by atoms with Gasteiger partial charge in [0, 0.05) is 44.2 Å². The number of hydrogen-bond acceptors (Lipinski definition) is 7. The normalized spacial score (nSPS) is 15.3. The average Bonchev–Trinajstić information content (AvgIpc) is 3.03. The van der Waals surface area contributed by atoms with Gasteiger partial charge in [0.25, 0.3) is 0 Å². The summed E-state index contributed by atoms with van der Waals surface area (Å²) in [7, 11) is 3.85. The van der Waals surface area contributed by atoms with Crippen LogP contribution in [0.15, 0.2) is 30.5 Å². The van der Waals surface area contributed by atoms with Crippen molar-refractivity contribution in [3.63, 3.8) is 0 Å². The highest BCUT2D eigenvalue weighted by Crippen LogP contribution is 2.33. The van der Waals surface area contributed by atoms with Gasteiger partial charge in [0.05, 0.1) is 29.4 Å². The fourth-order valence-electron chi connectivity index (χ4n) is 2.97. The number of rotatable bonds is 8. The Labute approximate surface area is 172 Å². The van der Waals surface area contributed by atoms with E-state index in [1.807, 2.05) is 48.2 Å². The molecule has 1 aromatic heterocycles. The summed E-state index contributed by atoms with van der Waals surface area (Å²) < 4.78 is 5.43. The molecule has 8 heteroatoms. The predicted molar refractivity (Wildman–Crippen MR) is 117 cm³/mol. The standard InChI is InChI=1S/C20H33N5O2S/c1-7-8-15(2)22-24(6)23(5)17-13-16(14-20(3,4)26)28-18(17)19(21)25-9-11-27-12-10-25/h7-8,13,21-22,26H,2,9-12,14H2,1,3-6H3/b8-7-,21-19?. The van der Waals surface area contributed by atoms with Gasteiger partial charge in [-0.1, -0.05) is 12.7 Å². The lowest BCUT2D eigenvalue weighted by atomic mass is 10.0. The van der Waals surface area contributed by atoms with Gasteiger partial charge in [0.1, 0.15) is 5.84 Å². The van der Waals surface area contributed by atoms with Crippen LogP contribution in [0.5, 0.6) is 0 Å². The SMILES string of the molecule is C=C(/C=C\C)NN(C)N(C)c1cc(CC(C)(C)O)sc1C(=N)N1CCOCC1. The minimum atomic E-state index is -0.802. The molecular formula is C20H33N5O2S. The predicted octanol–water partition coefficient (Wildman–Crippen LogP) is 2.60. The Morgan fingerprint density at radius 3 is 2.64 bits per heavy atom. The summed E-state index contributed by atoms with van der Waals surface area (Å²) in [6.45, 7) is 12.2. The number of amidine groups is 1. The number of nitrogens with one attached hydrogen (secondary N) is 2. The third-order valence-electron chi connectivity index (χ3n) is 4.38. The van der Waals surface area contributed by atoms with Crippen molar-refractivity contribution in [2.24, 2.45) is 0 Å². The molecule has 0 spiro atoms. The molecule has 7 nitrogen and oxygen atoms in total. The zero-order valence-electron chi connectivity index (χ0n) is 17.6. The lowest BCUT2D eigenvalue weighted by Crippen LogP contribution is -2.46. The molecule has 1 aliphatic heterocycles. The summed E-state index contributed by atoms with van der Waals surface area (Å²) in [4.78, 5) is 3.98. The third kappa shape index (κ3) is 6.07. The number of ether oxygens (including phenoxy) is 1. The second-order valence-corrected chi connectivity index (χ2v) is 8.69. The average molecular weight is 408 g/mol. The van der Waals surface area contributed by atoms with Gasteiger partial charge in [-0.15, -0.1) is 16.5 Å². The highest BCUT2D eigenvalue weighted by molar-refractivity contribution is 7.14. The van der Waals surface area contributed by atoms with Crippen molar-refractivity contribution < 1.29 is 9.84 Å². The van der Waals surface area contributed by atoms with Crippen molar-refractivity contribution in [1.29, 1.82) is 5.41 Å². The molecule has 1 aromatic rings. The fourth-order valence-corrected chi connectivity index (χ4v) is 4.35. The molecule has 156 valence electrons. The smallest absolute Gasteiger partial charge is 0.140 e. The molecule has 0 aliphatic carbocycles. The topological polar surface area (TPSA) is 75.1 Å². The lowest BCUT2D eigenvalue weighted by Gasteiger charge is -2.33. The molecular weight excluding hydrogens is 374 g/mol. The summed E-state index contributed by atoms with van der Waals surface area (Å²) in [5, 5.41) is 22.8. The monoisotopic (exact) mass is 407 g/mol. The summed E-state index contributed by atoms with van der Waals surface area (Å²) in [6.07, 6.45) is 4.36. The minimum Gasteiger partial charge on any atom is -0.390 e. The van der Waals surface area contributed by atoms with Gasteiger partial charge < -0.3 is 20.2 Å². The van der Waals surface area contributed by atoms with Crippen molar-refractivity contribution in [2.75, 3.05) is 45.4 Å².